The molecule has 0 fully saturated rings. The number of aryl methyl sites for hydroxylation is 1. The van der Waals surface area contributed by atoms with Gasteiger partial charge in [0.25, 0.3) is 5.91 Å². The molecular formula is C18H16F3NO. The first-order valence-corrected chi connectivity index (χ1v) is 7.51. The molecule has 3 rings (SSSR count). The molecule has 0 bridgehead atoms. The van der Waals surface area contributed by atoms with Crippen molar-refractivity contribution in [3.8, 4) is 0 Å². The SMILES string of the molecule is O=C(N[C@H]1CCCc2ccccc21)c1ccccc1C(F)(F)F. The Labute approximate surface area is 132 Å². The van der Waals surface area contributed by atoms with Gasteiger partial charge in [0.2, 0.25) is 0 Å². The number of amides is 1. The average molecular weight is 319 g/mol. The number of nitrogens with one attached hydrogen (secondary N) is 1. The summed E-state index contributed by atoms with van der Waals surface area (Å²) in [5.41, 5.74) is 0.911. The molecule has 2 aromatic rings. The number of alkyl halides is 3. The highest BCUT2D eigenvalue weighted by Gasteiger charge is 2.35. The van der Waals surface area contributed by atoms with Crippen LogP contribution >= 0.6 is 0 Å². The van der Waals surface area contributed by atoms with Crippen LogP contribution in [0.15, 0.2) is 48.5 Å². The van der Waals surface area contributed by atoms with Crippen LogP contribution in [0.3, 0.4) is 0 Å². The van der Waals surface area contributed by atoms with Crippen molar-refractivity contribution >= 4 is 5.91 Å². The number of benzene rings is 2. The van der Waals surface area contributed by atoms with E-state index >= 15 is 0 Å². The summed E-state index contributed by atoms with van der Waals surface area (Å²) in [4.78, 5) is 12.4. The van der Waals surface area contributed by atoms with E-state index in [1.54, 1.807) is 0 Å². The van der Waals surface area contributed by atoms with Crippen molar-refractivity contribution in [3.05, 3.63) is 70.8 Å². The van der Waals surface area contributed by atoms with Crippen molar-refractivity contribution in [1.82, 2.24) is 5.32 Å². The topological polar surface area (TPSA) is 29.1 Å². The van der Waals surface area contributed by atoms with E-state index in [2.05, 4.69) is 5.32 Å². The van der Waals surface area contributed by atoms with E-state index in [0.717, 1.165) is 36.5 Å². The maximum absolute atomic E-state index is 13.0. The average Bonchev–Trinajstić information content (AvgIpc) is 2.54. The molecule has 0 saturated heterocycles. The second kappa shape index (κ2) is 6.07. The molecule has 1 atom stereocenters. The zero-order valence-electron chi connectivity index (χ0n) is 12.4. The monoisotopic (exact) mass is 319 g/mol. The Morgan fingerprint density at radius 3 is 2.52 bits per heavy atom. The van der Waals surface area contributed by atoms with Crippen LogP contribution in [-0.4, -0.2) is 5.91 Å². The molecule has 0 radical (unpaired) electrons. The molecule has 0 spiro atoms. The Morgan fingerprint density at radius 1 is 1.04 bits per heavy atom. The lowest BCUT2D eigenvalue weighted by molar-refractivity contribution is -0.137. The molecule has 120 valence electrons. The third-order valence-electron chi connectivity index (χ3n) is 4.15. The molecule has 0 aliphatic heterocycles. The van der Waals surface area contributed by atoms with Crippen LogP contribution in [0.25, 0.3) is 0 Å². The molecule has 0 saturated carbocycles. The minimum atomic E-state index is -4.54. The first-order chi connectivity index (χ1) is 11.0. The van der Waals surface area contributed by atoms with Crippen LogP contribution in [0.1, 0.15) is 45.9 Å². The fourth-order valence-corrected chi connectivity index (χ4v) is 3.07. The quantitative estimate of drug-likeness (QED) is 0.867. The highest BCUT2D eigenvalue weighted by Crippen LogP contribution is 2.33. The number of fused-ring (bicyclic) bond motifs is 1. The van der Waals surface area contributed by atoms with Gasteiger partial charge in [-0.25, -0.2) is 0 Å². The van der Waals surface area contributed by atoms with Crippen LogP contribution in [0.4, 0.5) is 13.2 Å². The first kappa shape index (κ1) is 15.6. The van der Waals surface area contributed by atoms with Gasteiger partial charge in [0.1, 0.15) is 0 Å². The zero-order valence-corrected chi connectivity index (χ0v) is 12.4. The summed E-state index contributed by atoms with van der Waals surface area (Å²) in [5, 5.41) is 2.76. The van der Waals surface area contributed by atoms with Crippen LogP contribution in [0.5, 0.6) is 0 Å². The van der Waals surface area contributed by atoms with E-state index in [4.69, 9.17) is 0 Å². The normalized spacial score (nSPS) is 17.4. The third kappa shape index (κ3) is 3.23. The van der Waals surface area contributed by atoms with Gasteiger partial charge in [-0.3, -0.25) is 4.79 Å². The molecule has 1 amide bonds. The number of hydrogen-bond acceptors (Lipinski definition) is 1. The van der Waals surface area contributed by atoms with Gasteiger partial charge in [-0.15, -0.1) is 0 Å². The summed E-state index contributed by atoms with van der Waals surface area (Å²) >= 11 is 0. The van der Waals surface area contributed by atoms with Gasteiger partial charge >= 0.3 is 6.18 Å². The summed E-state index contributed by atoms with van der Waals surface area (Å²) in [5.74, 6) is -0.681. The van der Waals surface area contributed by atoms with E-state index in [9.17, 15) is 18.0 Å². The Kier molecular flexibility index (Phi) is 4.11. The second-order valence-corrected chi connectivity index (χ2v) is 5.66. The standard InChI is InChI=1S/C18H16F3NO/c19-18(20,21)15-10-4-3-9-14(15)17(23)22-16-11-5-7-12-6-1-2-8-13(12)16/h1-4,6,8-10,16H,5,7,11H2,(H,22,23)/t16-/m0/s1. The van der Waals surface area contributed by atoms with Gasteiger partial charge < -0.3 is 5.32 Å². The Bertz CT molecular complexity index is 724. The lowest BCUT2D eigenvalue weighted by atomic mass is 9.87. The number of carbonyl (C=O) groups is 1. The van der Waals surface area contributed by atoms with Crippen LogP contribution < -0.4 is 5.32 Å². The maximum Gasteiger partial charge on any atom is 0.417 e. The summed E-state index contributed by atoms with van der Waals surface area (Å²) in [6.07, 6.45) is -1.97. The minimum absolute atomic E-state index is 0.242. The summed E-state index contributed by atoms with van der Waals surface area (Å²) in [7, 11) is 0. The fourth-order valence-electron chi connectivity index (χ4n) is 3.07. The van der Waals surface area contributed by atoms with Crippen LogP contribution in [0, 0.1) is 0 Å². The number of halogens is 3. The van der Waals surface area contributed by atoms with Gasteiger partial charge in [0, 0.05) is 0 Å². The lowest BCUT2D eigenvalue weighted by Gasteiger charge is -2.26. The second-order valence-electron chi connectivity index (χ2n) is 5.66. The van der Waals surface area contributed by atoms with Crippen molar-refractivity contribution in [2.45, 2.75) is 31.5 Å². The minimum Gasteiger partial charge on any atom is -0.345 e. The van der Waals surface area contributed by atoms with Crippen molar-refractivity contribution in [2.24, 2.45) is 0 Å². The molecule has 2 nitrogen and oxygen atoms in total. The molecule has 1 aliphatic rings. The Balaban J connectivity index is 1.87. The van der Waals surface area contributed by atoms with Gasteiger partial charge in [0.15, 0.2) is 0 Å². The molecule has 0 heterocycles. The van der Waals surface area contributed by atoms with Gasteiger partial charge in [0.05, 0.1) is 17.2 Å². The fraction of sp³-hybridized carbons (Fsp3) is 0.278. The van der Waals surface area contributed by atoms with E-state index < -0.39 is 17.6 Å². The summed E-state index contributed by atoms with van der Waals surface area (Å²) in [6, 6.07) is 12.4. The number of carbonyl (C=O) groups excluding carboxylic acids is 1. The van der Waals surface area contributed by atoms with Crippen molar-refractivity contribution in [3.63, 3.8) is 0 Å². The van der Waals surface area contributed by atoms with E-state index in [1.165, 1.54) is 18.2 Å². The molecule has 23 heavy (non-hydrogen) atoms. The molecule has 5 heteroatoms. The smallest absolute Gasteiger partial charge is 0.345 e. The summed E-state index contributed by atoms with van der Waals surface area (Å²) in [6.45, 7) is 0. The van der Waals surface area contributed by atoms with E-state index in [-0.39, 0.29) is 11.6 Å². The third-order valence-corrected chi connectivity index (χ3v) is 4.15. The molecule has 0 aromatic heterocycles. The Hall–Kier alpha value is -2.30. The van der Waals surface area contributed by atoms with Crippen molar-refractivity contribution in [2.75, 3.05) is 0 Å². The zero-order chi connectivity index (χ0) is 16.4. The molecular weight excluding hydrogens is 303 g/mol. The largest absolute Gasteiger partial charge is 0.417 e. The predicted octanol–water partition coefficient (Wildman–Crippen LogP) is 4.51. The van der Waals surface area contributed by atoms with E-state index in [1.807, 2.05) is 24.3 Å². The van der Waals surface area contributed by atoms with Gasteiger partial charge in [-0.1, -0.05) is 36.4 Å². The van der Waals surface area contributed by atoms with Crippen LogP contribution in [-0.2, 0) is 12.6 Å². The van der Waals surface area contributed by atoms with Crippen molar-refractivity contribution in [1.29, 1.82) is 0 Å². The van der Waals surface area contributed by atoms with Crippen molar-refractivity contribution < 1.29 is 18.0 Å². The molecule has 2 aromatic carbocycles. The van der Waals surface area contributed by atoms with Gasteiger partial charge in [-0.2, -0.15) is 13.2 Å². The molecule has 1 N–H and O–H groups in total. The molecule has 0 unspecified atom stereocenters. The highest BCUT2D eigenvalue weighted by molar-refractivity contribution is 5.96. The van der Waals surface area contributed by atoms with E-state index in [0.29, 0.717) is 0 Å². The van der Waals surface area contributed by atoms with Crippen LogP contribution in [0.2, 0.25) is 0 Å². The van der Waals surface area contributed by atoms with Gasteiger partial charge in [-0.05, 0) is 42.5 Å². The number of rotatable bonds is 2. The Morgan fingerprint density at radius 2 is 1.74 bits per heavy atom. The molecule has 1 aliphatic carbocycles. The maximum atomic E-state index is 13.0. The lowest BCUT2D eigenvalue weighted by Crippen LogP contribution is -2.32. The first-order valence-electron chi connectivity index (χ1n) is 7.51. The summed E-state index contributed by atoms with van der Waals surface area (Å²) < 4.78 is 39.1. The number of hydrogen-bond donors (Lipinski definition) is 1. The predicted molar refractivity (Wildman–Crippen MR) is 81.0 cm³/mol. The highest BCUT2D eigenvalue weighted by atomic mass is 19.4.